The molecule has 1 saturated heterocycles. The van der Waals surface area contributed by atoms with Crippen molar-refractivity contribution in [1.29, 1.82) is 0 Å². The molecule has 6 nitrogen and oxygen atoms in total. The number of methoxy groups -OCH3 is 2. The van der Waals surface area contributed by atoms with Gasteiger partial charge >= 0.3 is 5.97 Å². The van der Waals surface area contributed by atoms with Crippen LogP contribution in [0.4, 0.5) is 5.69 Å². The van der Waals surface area contributed by atoms with Gasteiger partial charge in [-0.25, -0.2) is 0 Å². The number of benzene rings is 2. The highest BCUT2D eigenvalue weighted by atomic mass is 32.1. The largest absolute Gasteiger partial charge is 0.497 e. The van der Waals surface area contributed by atoms with Gasteiger partial charge in [0.05, 0.1) is 19.9 Å². The van der Waals surface area contributed by atoms with E-state index in [9.17, 15) is 9.59 Å². The van der Waals surface area contributed by atoms with Crippen LogP contribution in [0.2, 0.25) is 0 Å². The molecule has 0 atom stereocenters. The van der Waals surface area contributed by atoms with Gasteiger partial charge in [0.25, 0.3) is 5.91 Å². The summed E-state index contributed by atoms with van der Waals surface area (Å²) >= 11 is 5.49. The Kier molecular flexibility index (Phi) is 5.52. The van der Waals surface area contributed by atoms with Crippen molar-refractivity contribution in [3.05, 3.63) is 65.9 Å². The molecule has 0 aliphatic carbocycles. The van der Waals surface area contributed by atoms with E-state index >= 15 is 0 Å². The molecule has 1 heterocycles. The number of ether oxygens (including phenoxy) is 2. The van der Waals surface area contributed by atoms with Crippen LogP contribution >= 0.6 is 12.2 Å². The molecule has 3 rings (SSSR count). The molecule has 0 radical (unpaired) electrons. The van der Waals surface area contributed by atoms with Crippen LogP contribution in [0.3, 0.4) is 0 Å². The number of amides is 1. The normalized spacial score (nSPS) is 15.4. The molecule has 138 valence electrons. The van der Waals surface area contributed by atoms with Crippen molar-refractivity contribution < 1.29 is 19.1 Å². The highest BCUT2D eigenvalue weighted by molar-refractivity contribution is 7.80. The summed E-state index contributed by atoms with van der Waals surface area (Å²) in [5, 5.41) is 0.220. The fourth-order valence-corrected chi connectivity index (χ4v) is 3.04. The van der Waals surface area contributed by atoms with Crippen molar-refractivity contribution in [1.82, 2.24) is 4.90 Å². The van der Waals surface area contributed by atoms with E-state index in [-0.39, 0.29) is 17.6 Å². The Hall–Kier alpha value is -3.19. The van der Waals surface area contributed by atoms with E-state index in [1.165, 1.54) is 16.9 Å². The highest BCUT2D eigenvalue weighted by Gasteiger charge is 2.40. The quantitative estimate of drug-likeness (QED) is 0.450. The van der Waals surface area contributed by atoms with Gasteiger partial charge in [0.1, 0.15) is 18.0 Å². The smallest absolute Gasteiger partial charge is 0.325 e. The third-order valence-electron chi connectivity index (χ3n) is 4.08. The maximum absolute atomic E-state index is 13.1. The van der Waals surface area contributed by atoms with Crippen molar-refractivity contribution >= 4 is 41.0 Å². The van der Waals surface area contributed by atoms with E-state index in [4.69, 9.17) is 21.7 Å². The number of anilines is 1. The number of esters is 1. The molecule has 1 aliphatic rings. The number of thiocarbonyl (C=S) groups is 1. The second-order valence-corrected chi connectivity index (χ2v) is 6.09. The lowest BCUT2D eigenvalue weighted by atomic mass is 10.2. The maximum Gasteiger partial charge on any atom is 0.325 e. The number of carbonyl (C=O) groups is 2. The molecule has 27 heavy (non-hydrogen) atoms. The number of rotatable bonds is 5. The van der Waals surface area contributed by atoms with Gasteiger partial charge in [0.2, 0.25) is 0 Å². The molecule has 1 fully saturated rings. The fraction of sp³-hybridized carbons (Fsp3) is 0.150. The third kappa shape index (κ3) is 3.83. The minimum atomic E-state index is -0.485. The van der Waals surface area contributed by atoms with Crippen molar-refractivity contribution in [2.24, 2.45) is 0 Å². The minimum Gasteiger partial charge on any atom is -0.497 e. The number of nitrogens with zero attached hydrogens (tertiary/aromatic N) is 2. The van der Waals surface area contributed by atoms with E-state index in [0.717, 1.165) is 5.56 Å². The Morgan fingerprint density at radius 1 is 1.07 bits per heavy atom. The Bertz CT molecular complexity index is 894. The van der Waals surface area contributed by atoms with Crippen LogP contribution < -0.4 is 9.64 Å². The standard InChI is InChI=1S/C20H18N2O4S/c1-25-16-10-8-15(9-11-16)22-19(24)17(12-14-6-4-3-5-7-14)21(20(22)27)13-18(23)26-2/h3-12H,13H2,1-2H3/b17-12-. The summed E-state index contributed by atoms with van der Waals surface area (Å²) < 4.78 is 9.91. The average molecular weight is 382 g/mol. The summed E-state index contributed by atoms with van der Waals surface area (Å²) in [5.74, 6) is -0.124. The summed E-state index contributed by atoms with van der Waals surface area (Å²) in [6.07, 6.45) is 1.71. The second kappa shape index (κ2) is 8.01. The summed E-state index contributed by atoms with van der Waals surface area (Å²) in [6, 6.07) is 16.3. The molecule has 1 aliphatic heterocycles. The van der Waals surface area contributed by atoms with Crippen LogP contribution in [0, 0.1) is 0 Å². The van der Waals surface area contributed by atoms with Gasteiger partial charge in [-0.15, -0.1) is 0 Å². The molecule has 0 aromatic heterocycles. The fourth-order valence-electron chi connectivity index (χ4n) is 2.69. The molecular formula is C20H18N2O4S. The first-order chi connectivity index (χ1) is 13.0. The van der Waals surface area contributed by atoms with E-state index < -0.39 is 5.97 Å². The van der Waals surface area contributed by atoms with Gasteiger partial charge < -0.3 is 14.4 Å². The van der Waals surface area contributed by atoms with Crippen molar-refractivity contribution in [3.8, 4) is 5.75 Å². The molecule has 2 aromatic rings. The Balaban J connectivity index is 2.01. The van der Waals surface area contributed by atoms with E-state index in [0.29, 0.717) is 17.1 Å². The monoisotopic (exact) mass is 382 g/mol. The first-order valence-electron chi connectivity index (χ1n) is 8.18. The molecule has 0 unspecified atom stereocenters. The zero-order chi connectivity index (χ0) is 19.4. The van der Waals surface area contributed by atoms with Crippen LogP contribution in [0.5, 0.6) is 5.75 Å². The van der Waals surface area contributed by atoms with Crippen LogP contribution in [0.25, 0.3) is 6.08 Å². The number of carbonyl (C=O) groups excluding carboxylic acids is 2. The first-order valence-corrected chi connectivity index (χ1v) is 8.59. The Morgan fingerprint density at radius 2 is 1.74 bits per heavy atom. The van der Waals surface area contributed by atoms with E-state index in [1.54, 1.807) is 37.5 Å². The van der Waals surface area contributed by atoms with E-state index in [2.05, 4.69) is 0 Å². The van der Waals surface area contributed by atoms with Crippen LogP contribution in [0.1, 0.15) is 5.56 Å². The topological polar surface area (TPSA) is 59.1 Å². The summed E-state index contributed by atoms with van der Waals surface area (Å²) in [5.41, 5.74) is 1.74. The van der Waals surface area contributed by atoms with Gasteiger partial charge in [0, 0.05) is 0 Å². The maximum atomic E-state index is 13.1. The lowest BCUT2D eigenvalue weighted by Crippen LogP contribution is -2.35. The Morgan fingerprint density at radius 3 is 2.33 bits per heavy atom. The molecule has 0 N–H and O–H groups in total. The van der Waals surface area contributed by atoms with Crippen molar-refractivity contribution in [3.63, 3.8) is 0 Å². The summed E-state index contributed by atoms with van der Waals surface area (Å²) in [4.78, 5) is 27.8. The SMILES string of the molecule is COC(=O)CN1C(=S)N(c2ccc(OC)cc2)C(=O)/C1=C/c1ccccc1. The average Bonchev–Trinajstić information content (AvgIpc) is 2.92. The molecule has 0 spiro atoms. The van der Waals surface area contributed by atoms with E-state index in [1.807, 2.05) is 30.3 Å². The predicted octanol–water partition coefficient (Wildman–Crippen LogP) is 2.84. The van der Waals surface area contributed by atoms with Gasteiger partial charge in [-0.05, 0) is 48.1 Å². The van der Waals surface area contributed by atoms with Crippen molar-refractivity contribution in [2.45, 2.75) is 0 Å². The zero-order valence-corrected chi connectivity index (χ0v) is 15.7. The molecule has 0 bridgehead atoms. The Labute approximate surface area is 162 Å². The van der Waals surface area contributed by atoms with Gasteiger partial charge in [-0.3, -0.25) is 14.5 Å². The molecule has 7 heteroatoms. The second-order valence-electron chi connectivity index (χ2n) is 5.72. The lowest BCUT2D eigenvalue weighted by Gasteiger charge is -2.19. The van der Waals surface area contributed by atoms with Gasteiger partial charge in [-0.1, -0.05) is 30.3 Å². The third-order valence-corrected chi connectivity index (χ3v) is 4.49. The highest BCUT2D eigenvalue weighted by Crippen LogP contribution is 2.30. The minimum absolute atomic E-state index is 0.146. The molecular weight excluding hydrogens is 364 g/mol. The van der Waals surface area contributed by atoms with Gasteiger partial charge in [-0.2, -0.15) is 0 Å². The first kappa shape index (κ1) is 18.6. The number of hydrogen-bond acceptors (Lipinski definition) is 5. The van der Waals surface area contributed by atoms with Crippen molar-refractivity contribution in [2.75, 3.05) is 25.7 Å². The summed E-state index contributed by atoms with van der Waals surface area (Å²) in [6.45, 7) is -0.146. The van der Waals surface area contributed by atoms with Crippen LogP contribution in [-0.4, -0.2) is 42.7 Å². The van der Waals surface area contributed by atoms with Gasteiger partial charge in [0.15, 0.2) is 5.11 Å². The van der Waals surface area contributed by atoms with Crippen LogP contribution in [-0.2, 0) is 14.3 Å². The molecule has 2 aromatic carbocycles. The predicted molar refractivity (Wildman–Crippen MR) is 106 cm³/mol. The zero-order valence-electron chi connectivity index (χ0n) is 14.9. The molecule has 1 amide bonds. The van der Waals surface area contributed by atoms with Crippen LogP contribution in [0.15, 0.2) is 60.3 Å². The number of hydrogen-bond donors (Lipinski definition) is 0. The molecule has 0 saturated carbocycles. The lowest BCUT2D eigenvalue weighted by molar-refractivity contribution is -0.140. The summed E-state index contributed by atoms with van der Waals surface area (Å²) in [7, 11) is 2.87.